The molecule has 0 unspecified atom stereocenters. The summed E-state index contributed by atoms with van der Waals surface area (Å²) in [5.41, 5.74) is 2.33. The number of carbonyl (C=O) groups is 1. The third-order valence-electron chi connectivity index (χ3n) is 10.8. The number of rotatable bonds is 9. The Balaban J connectivity index is 0.000000286. The summed E-state index contributed by atoms with van der Waals surface area (Å²) in [6, 6.07) is 25.4. The lowest BCUT2D eigenvalue weighted by molar-refractivity contribution is -0.141. The molecule has 0 radical (unpaired) electrons. The smallest absolute Gasteiger partial charge is 0.369 e. The van der Waals surface area contributed by atoms with Crippen LogP contribution in [-0.4, -0.2) is 82.4 Å². The van der Waals surface area contributed by atoms with E-state index in [-0.39, 0.29) is 0 Å². The molecular weight excluding hydrogens is 761 g/mol. The van der Waals surface area contributed by atoms with Gasteiger partial charge in [-0.3, -0.25) is 9.69 Å². The maximum atomic E-state index is 13.6. The van der Waals surface area contributed by atoms with Gasteiger partial charge in [-0.05, 0) is 90.2 Å². The van der Waals surface area contributed by atoms with Gasteiger partial charge in [-0.1, -0.05) is 55.0 Å². The average molecular weight is 806 g/mol. The molecule has 306 valence electrons. The second kappa shape index (κ2) is 17.4. The van der Waals surface area contributed by atoms with Gasteiger partial charge in [-0.25, -0.2) is 0 Å². The van der Waals surface area contributed by atoms with Crippen LogP contribution >= 0.6 is 0 Å². The maximum absolute atomic E-state index is 13.6. The highest BCUT2D eigenvalue weighted by Gasteiger charge is 2.49. The molecule has 2 N–H and O–H groups in total. The largest absolute Gasteiger partial charge is 0.416 e. The van der Waals surface area contributed by atoms with Crippen molar-refractivity contribution in [2.75, 3.05) is 75.2 Å². The second-order valence-electron chi connectivity index (χ2n) is 14.4. The summed E-state index contributed by atoms with van der Waals surface area (Å²) < 4.78 is 115. The first-order valence-electron chi connectivity index (χ1n) is 18.9. The van der Waals surface area contributed by atoms with Crippen molar-refractivity contribution in [1.29, 1.82) is 0 Å². The van der Waals surface area contributed by atoms with Crippen LogP contribution in [0.25, 0.3) is 11.1 Å². The zero-order valence-electron chi connectivity index (χ0n) is 31.1. The molecule has 6 nitrogen and oxygen atoms in total. The predicted molar refractivity (Wildman–Crippen MR) is 202 cm³/mol. The van der Waals surface area contributed by atoms with E-state index in [0.717, 1.165) is 110 Å². The Labute approximate surface area is 325 Å². The molecule has 0 bridgehead atoms. The van der Waals surface area contributed by atoms with Crippen molar-refractivity contribution in [2.24, 2.45) is 0 Å². The van der Waals surface area contributed by atoms with Crippen molar-refractivity contribution in [3.8, 4) is 11.1 Å². The topological polar surface area (TPSA) is 50.9 Å². The Morgan fingerprint density at radius 2 is 1.05 bits per heavy atom. The number of carbonyl (C=O) groups excluding carboxylic acids is 1. The third kappa shape index (κ3) is 10.0. The van der Waals surface area contributed by atoms with Gasteiger partial charge in [0.25, 0.3) is 0 Å². The van der Waals surface area contributed by atoms with Gasteiger partial charge < -0.3 is 20.4 Å². The van der Waals surface area contributed by atoms with Crippen molar-refractivity contribution in [3.63, 3.8) is 0 Å². The molecule has 2 aliphatic heterocycles. The quantitative estimate of drug-likeness (QED) is 0.131. The van der Waals surface area contributed by atoms with Crippen LogP contribution in [0.5, 0.6) is 0 Å². The lowest BCUT2D eigenvalue weighted by Gasteiger charge is -2.36. The van der Waals surface area contributed by atoms with Crippen LogP contribution in [0.3, 0.4) is 0 Å². The molecule has 4 aromatic carbocycles. The van der Waals surface area contributed by atoms with E-state index in [1.54, 1.807) is 0 Å². The van der Waals surface area contributed by atoms with E-state index in [1.807, 2.05) is 48.5 Å². The van der Waals surface area contributed by atoms with Gasteiger partial charge in [-0.2, -0.15) is 39.5 Å². The van der Waals surface area contributed by atoms with Gasteiger partial charge in [0.1, 0.15) is 12.0 Å². The zero-order chi connectivity index (χ0) is 40.8. The first kappa shape index (κ1) is 41.9. The van der Waals surface area contributed by atoms with E-state index < -0.39 is 47.5 Å². The fraction of sp³-hybridized carbons (Fsp3) is 0.405. The van der Waals surface area contributed by atoms with Crippen LogP contribution in [0.1, 0.15) is 41.5 Å². The molecule has 7 rings (SSSR count). The highest BCUT2D eigenvalue weighted by atomic mass is 19.4. The third-order valence-corrected chi connectivity index (χ3v) is 10.8. The highest BCUT2D eigenvalue weighted by molar-refractivity contribution is 6.00. The summed E-state index contributed by atoms with van der Waals surface area (Å²) in [6.07, 6.45) is -11.4. The second-order valence-corrected chi connectivity index (χ2v) is 14.4. The van der Waals surface area contributed by atoms with Crippen molar-refractivity contribution >= 4 is 17.3 Å². The molecule has 57 heavy (non-hydrogen) atoms. The Bertz CT molecular complexity index is 1890. The number of unbranched alkanes of at least 4 members (excludes halogenated alkanes) is 1. The highest BCUT2D eigenvalue weighted by Crippen LogP contribution is 2.51. The number of hydrogen-bond donors (Lipinski definition) is 2. The van der Waals surface area contributed by atoms with Gasteiger partial charge in [0.15, 0.2) is 0 Å². The lowest BCUT2D eigenvalue weighted by atomic mass is 9.73. The van der Waals surface area contributed by atoms with Crippen LogP contribution in [-0.2, 0) is 22.6 Å². The van der Waals surface area contributed by atoms with Crippen molar-refractivity contribution in [1.82, 2.24) is 15.5 Å². The number of halogens is 9. The molecule has 0 aromatic heterocycles. The summed E-state index contributed by atoms with van der Waals surface area (Å²) >= 11 is 0. The number of benzene rings is 4. The summed E-state index contributed by atoms with van der Waals surface area (Å²) in [5.74, 6) is -0.641. The van der Waals surface area contributed by atoms with E-state index in [0.29, 0.717) is 25.9 Å². The lowest BCUT2D eigenvalue weighted by Crippen LogP contribution is -2.47. The minimum Gasteiger partial charge on any atom is -0.369 e. The van der Waals surface area contributed by atoms with Crippen molar-refractivity contribution in [2.45, 2.75) is 43.2 Å². The number of amides is 1. The Morgan fingerprint density at radius 3 is 1.51 bits per heavy atom. The molecule has 2 heterocycles. The Hall–Kier alpha value is -4.76. The number of nitrogens with one attached hydrogen (secondary N) is 2. The first-order chi connectivity index (χ1) is 27.1. The molecule has 2 fully saturated rings. The van der Waals surface area contributed by atoms with E-state index in [9.17, 15) is 44.3 Å². The molecule has 1 aliphatic carbocycles. The molecule has 0 saturated carbocycles. The molecule has 3 aliphatic rings. The zero-order valence-corrected chi connectivity index (χ0v) is 31.1. The van der Waals surface area contributed by atoms with Gasteiger partial charge in [0, 0.05) is 63.7 Å². The predicted octanol–water partition coefficient (Wildman–Crippen LogP) is 8.76. The number of piperazine rings is 2. The molecule has 15 heteroatoms. The van der Waals surface area contributed by atoms with Crippen LogP contribution < -0.4 is 20.4 Å². The fourth-order valence-electron chi connectivity index (χ4n) is 7.88. The molecule has 0 atom stereocenters. The van der Waals surface area contributed by atoms with Crippen molar-refractivity contribution < 1.29 is 44.3 Å². The molecule has 2 saturated heterocycles. The summed E-state index contributed by atoms with van der Waals surface area (Å²) in [6.45, 7) is 5.63. The van der Waals surface area contributed by atoms with E-state index in [2.05, 4.69) is 25.3 Å². The normalized spacial score (nSPS) is 17.0. The maximum Gasteiger partial charge on any atom is 0.416 e. The van der Waals surface area contributed by atoms with Gasteiger partial charge in [0.05, 0.1) is 11.1 Å². The summed E-state index contributed by atoms with van der Waals surface area (Å²) in [7, 11) is 0. The number of anilines is 2. The monoisotopic (exact) mass is 805 g/mol. The van der Waals surface area contributed by atoms with Gasteiger partial charge in [-0.15, -0.1) is 0 Å². The Kier molecular flexibility index (Phi) is 12.8. The van der Waals surface area contributed by atoms with E-state index in [4.69, 9.17) is 0 Å². The van der Waals surface area contributed by atoms with E-state index in [1.165, 1.54) is 24.3 Å². The SMILES string of the molecule is FC(F)(F)c1ccc(N2CCNCC2)cc1.O=C(NCC(F)(F)F)C1(CCCCN2CCN(c3ccc(C(F)(F)F)cc3)CC2)c2ccccc2-c2ccccc21. The number of nitrogens with zero attached hydrogens (tertiary/aromatic N) is 3. The first-order valence-corrected chi connectivity index (χ1v) is 18.9. The molecule has 4 aromatic rings. The van der Waals surface area contributed by atoms with Crippen LogP contribution in [0.4, 0.5) is 50.9 Å². The van der Waals surface area contributed by atoms with Gasteiger partial charge >= 0.3 is 18.5 Å². The number of alkyl halides is 9. The summed E-state index contributed by atoms with van der Waals surface area (Å²) in [5, 5.41) is 5.37. The number of hydrogen-bond acceptors (Lipinski definition) is 5. The minimum atomic E-state index is -4.52. The minimum absolute atomic E-state index is 0.371. The van der Waals surface area contributed by atoms with Gasteiger partial charge in [0.2, 0.25) is 5.91 Å². The Morgan fingerprint density at radius 1 is 0.596 bits per heavy atom. The van der Waals surface area contributed by atoms with E-state index >= 15 is 0 Å². The average Bonchev–Trinajstić information content (AvgIpc) is 3.49. The van der Waals surface area contributed by atoms with Crippen LogP contribution in [0, 0.1) is 0 Å². The van der Waals surface area contributed by atoms with Crippen LogP contribution in [0.2, 0.25) is 0 Å². The fourth-order valence-corrected chi connectivity index (χ4v) is 7.88. The standard InChI is InChI=1S/C31H31F6N3O.C11H13F3N2/c32-30(33,34)21-38-28(41)29(26-9-3-1-7-24(26)25-8-2-4-10-27(25)29)15-5-6-16-39-17-19-40(20-18-39)23-13-11-22(12-14-23)31(35,36)37;12-11(13,14)9-1-3-10(4-2-9)16-7-5-15-6-8-16/h1-4,7-14H,5-6,15-21H2,(H,38,41);1-4,15H,5-8H2. The number of fused-ring (bicyclic) bond motifs is 3. The van der Waals surface area contributed by atoms with Crippen molar-refractivity contribution in [3.05, 3.63) is 119 Å². The van der Waals surface area contributed by atoms with Crippen LogP contribution in [0.15, 0.2) is 97.1 Å². The molecule has 0 spiro atoms. The molecule has 1 amide bonds. The molecular formula is C42H44F9N5O. The summed E-state index contributed by atoms with van der Waals surface area (Å²) in [4.78, 5) is 20.0.